The molecule has 28 heavy (non-hydrogen) atoms. The van der Waals surface area contributed by atoms with Crippen molar-refractivity contribution in [3.8, 4) is 11.8 Å². The zero-order valence-corrected chi connectivity index (χ0v) is 16.0. The molecule has 1 amide bonds. The Kier molecular flexibility index (Phi) is 5.34. The summed E-state index contributed by atoms with van der Waals surface area (Å²) >= 11 is 0. The number of hydrogen-bond donors (Lipinski definition) is 0. The van der Waals surface area contributed by atoms with Crippen molar-refractivity contribution >= 4 is 12.1 Å². The Morgan fingerprint density at radius 2 is 2.11 bits per heavy atom. The first-order valence-electron chi connectivity index (χ1n) is 8.91. The van der Waals surface area contributed by atoms with Gasteiger partial charge in [0.1, 0.15) is 11.4 Å². The maximum atomic E-state index is 12.6. The van der Waals surface area contributed by atoms with Crippen molar-refractivity contribution in [3.63, 3.8) is 0 Å². The molecular weight excluding hydrogens is 358 g/mol. The smallest absolute Gasteiger partial charge is 0.255 e. The third-order valence-corrected chi connectivity index (χ3v) is 4.53. The van der Waals surface area contributed by atoms with E-state index >= 15 is 0 Å². The van der Waals surface area contributed by atoms with Gasteiger partial charge in [-0.05, 0) is 45.0 Å². The normalized spacial score (nSPS) is 14.6. The molecule has 7 heteroatoms. The maximum Gasteiger partial charge on any atom is 0.255 e. The Labute approximate surface area is 163 Å². The van der Waals surface area contributed by atoms with Crippen molar-refractivity contribution in [2.24, 2.45) is 0 Å². The van der Waals surface area contributed by atoms with Crippen molar-refractivity contribution in [1.82, 2.24) is 9.63 Å². The van der Waals surface area contributed by atoms with Crippen LogP contribution in [0.5, 0.6) is 5.75 Å². The molecule has 0 bridgehead atoms. The van der Waals surface area contributed by atoms with E-state index in [9.17, 15) is 14.9 Å². The quantitative estimate of drug-likeness (QED) is 0.569. The van der Waals surface area contributed by atoms with Crippen LogP contribution >= 0.6 is 0 Å². The standard InChI is InChI=1S/C21H21N3O4/c1-4-27-23(14-25)13-17-20(24-10-6-5-7-19(24)26)16-11-15(12-22)8-9-18(16)28-21(17,2)3/h5-11,14H,4,13H2,1-3H3. The number of ether oxygens (including phenoxy) is 1. The summed E-state index contributed by atoms with van der Waals surface area (Å²) in [6.07, 6.45) is 2.26. The SMILES string of the molecule is CCON(C=O)CC1=C(n2ccccc2=O)c2cc(C#N)ccc2OC1(C)C. The molecule has 3 rings (SSSR count). The summed E-state index contributed by atoms with van der Waals surface area (Å²) in [7, 11) is 0. The summed E-state index contributed by atoms with van der Waals surface area (Å²) < 4.78 is 7.67. The Morgan fingerprint density at radius 3 is 2.75 bits per heavy atom. The van der Waals surface area contributed by atoms with Gasteiger partial charge in [0.25, 0.3) is 5.56 Å². The highest BCUT2D eigenvalue weighted by Crippen LogP contribution is 2.41. The van der Waals surface area contributed by atoms with Gasteiger partial charge in [0.2, 0.25) is 6.41 Å². The molecule has 0 saturated heterocycles. The van der Waals surface area contributed by atoms with E-state index in [0.717, 1.165) is 0 Å². The highest BCUT2D eigenvalue weighted by molar-refractivity contribution is 5.78. The van der Waals surface area contributed by atoms with Crippen LogP contribution in [-0.2, 0) is 9.63 Å². The summed E-state index contributed by atoms with van der Waals surface area (Å²) in [5.74, 6) is 0.563. The molecule has 0 unspecified atom stereocenters. The van der Waals surface area contributed by atoms with Gasteiger partial charge in [-0.15, -0.1) is 0 Å². The van der Waals surface area contributed by atoms with Gasteiger partial charge in [0, 0.05) is 23.4 Å². The number of benzene rings is 1. The van der Waals surface area contributed by atoms with Gasteiger partial charge in [-0.1, -0.05) is 6.07 Å². The van der Waals surface area contributed by atoms with E-state index in [-0.39, 0.29) is 12.1 Å². The lowest BCUT2D eigenvalue weighted by Crippen LogP contribution is -2.42. The van der Waals surface area contributed by atoms with Gasteiger partial charge in [-0.3, -0.25) is 19.0 Å². The number of nitriles is 1. The molecule has 144 valence electrons. The summed E-state index contributed by atoms with van der Waals surface area (Å²) in [5, 5.41) is 10.5. The second-order valence-electron chi connectivity index (χ2n) is 6.77. The number of nitrogens with zero attached hydrogens (tertiary/aromatic N) is 3. The highest BCUT2D eigenvalue weighted by Gasteiger charge is 2.37. The minimum absolute atomic E-state index is 0.108. The van der Waals surface area contributed by atoms with Crippen LogP contribution in [0, 0.1) is 11.3 Å². The average Bonchev–Trinajstić information content (AvgIpc) is 2.68. The van der Waals surface area contributed by atoms with Crippen molar-refractivity contribution < 1.29 is 14.4 Å². The van der Waals surface area contributed by atoms with Crippen LogP contribution in [0.25, 0.3) is 5.70 Å². The number of rotatable bonds is 6. The van der Waals surface area contributed by atoms with E-state index in [1.54, 1.807) is 43.5 Å². The van der Waals surface area contributed by atoms with Crippen LogP contribution in [0.1, 0.15) is 31.9 Å². The number of pyridine rings is 1. The van der Waals surface area contributed by atoms with Crippen molar-refractivity contribution in [2.75, 3.05) is 13.2 Å². The molecule has 1 aliphatic rings. The summed E-state index contributed by atoms with van der Waals surface area (Å²) in [4.78, 5) is 29.5. The van der Waals surface area contributed by atoms with Gasteiger partial charge in [0.05, 0.1) is 30.5 Å². The number of fused-ring (bicyclic) bond motifs is 1. The average molecular weight is 379 g/mol. The van der Waals surface area contributed by atoms with E-state index in [0.29, 0.717) is 41.2 Å². The van der Waals surface area contributed by atoms with Crippen LogP contribution in [0.3, 0.4) is 0 Å². The molecule has 1 aliphatic heterocycles. The Hall–Kier alpha value is -3.37. The first-order chi connectivity index (χ1) is 13.4. The highest BCUT2D eigenvalue weighted by atomic mass is 16.7. The second kappa shape index (κ2) is 7.71. The predicted octanol–water partition coefficient (Wildman–Crippen LogP) is 2.56. The zero-order valence-electron chi connectivity index (χ0n) is 16.0. The number of amides is 1. The summed E-state index contributed by atoms with van der Waals surface area (Å²) in [6.45, 7) is 5.95. The minimum Gasteiger partial charge on any atom is -0.483 e. The van der Waals surface area contributed by atoms with Crippen molar-refractivity contribution in [3.05, 3.63) is 69.6 Å². The third-order valence-electron chi connectivity index (χ3n) is 4.53. The molecule has 0 radical (unpaired) electrons. The zero-order chi connectivity index (χ0) is 20.3. The first kappa shape index (κ1) is 19.4. The number of carbonyl (C=O) groups is 1. The number of aromatic nitrogens is 1. The van der Waals surface area contributed by atoms with Gasteiger partial charge in [-0.2, -0.15) is 5.26 Å². The molecule has 0 aliphatic carbocycles. The minimum atomic E-state index is -0.815. The fraction of sp³-hybridized carbons (Fsp3) is 0.286. The van der Waals surface area contributed by atoms with E-state index in [2.05, 4.69) is 6.07 Å². The Bertz CT molecular complexity index is 1030. The molecule has 0 N–H and O–H groups in total. The summed E-state index contributed by atoms with van der Waals surface area (Å²) in [5.41, 5.74) is 1.29. The molecule has 0 saturated carbocycles. The van der Waals surface area contributed by atoms with Crippen LogP contribution in [0.15, 0.2) is 53.0 Å². The molecule has 2 aromatic rings. The molecule has 1 aromatic heterocycles. The molecular formula is C21H21N3O4. The monoisotopic (exact) mass is 379 g/mol. The molecule has 2 heterocycles. The predicted molar refractivity (Wildman–Crippen MR) is 103 cm³/mol. The molecule has 1 aromatic carbocycles. The van der Waals surface area contributed by atoms with E-state index in [4.69, 9.17) is 9.57 Å². The lowest BCUT2D eigenvalue weighted by molar-refractivity contribution is -0.168. The maximum absolute atomic E-state index is 12.6. The van der Waals surface area contributed by atoms with Crippen LogP contribution < -0.4 is 10.3 Å². The Balaban J connectivity index is 2.33. The summed E-state index contributed by atoms with van der Waals surface area (Å²) in [6, 6.07) is 12.1. The van der Waals surface area contributed by atoms with Gasteiger partial charge >= 0.3 is 0 Å². The van der Waals surface area contributed by atoms with E-state index in [1.807, 2.05) is 13.8 Å². The topological polar surface area (TPSA) is 84.6 Å². The molecule has 7 nitrogen and oxygen atoms in total. The van der Waals surface area contributed by atoms with Crippen LogP contribution in [0.2, 0.25) is 0 Å². The molecule has 0 spiro atoms. The Morgan fingerprint density at radius 1 is 1.32 bits per heavy atom. The van der Waals surface area contributed by atoms with E-state index < -0.39 is 5.60 Å². The molecule has 0 atom stereocenters. The molecule has 0 fully saturated rings. The number of hydroxylamine groups is 2. The number of hydrogen-bond acceptors (Lipinski definition) is 5. The fourth-order valence-electron chi connectivity index (χ4n) is 3.25. The van der Waals surface area contributed by atoms with Crippen molar-refractivity contribution in [2.45, 2.75) is 26.4 Å². The fourth-order valence-corrected chi connectivity index (χ4v) is 3.25. The number of carbonyl (C=O) groups excluding carboxylic acids is 1. The van der Waals surface area contributed by atoms with E-state index in [1.165, 1.54) is 15.7 Å². The van der Waals surface area contributed by atoms with Gasteiger partial charge in [0.15, 0.2) is 0 Å². The largest absolute Gasteiger partial charge is 0.483 e. The lowest BCUT2D eigenvalue weighted by Gasteiger charge is -2.38. The van der Waals surface area contributed by atoms with Gasteiger partial charge in [-0.25, -0.2) is 5.06 Å². The van der Waals surface area contributed by atoms with Crippen molar-refractivity contribution in [1.29, 1.82) is 5.26 Å². The first-order valence-corrected chi connectivity index (χ1v) is 8.91. The second-order valence-corrected chi connectivity index (χ2v) is 6.77. The van der Waals surface area contributed by atoms with Crippen LogP contribution in [-0.4, -0.2) is 34.8 Å². The van der Waals surface area contributed by atoms with Gasteiger partial charge < -0.3 is 4.74 Å². The third kappa shape index (κ3) is 3.55. The lowest BCUT2D eigenvalue weighted by atomic mass is 9.88. The van der Waals surface area contributed by atoms with Crippen LogP contribution in [0.4, 0.5) is 0 Å².